The van der Waals surface area contributed by atoms with Crippen molar-refractivity contribution in [2.75, 3.05) is 11.4 Å². The lowest BCUT2D eigenvalue weighted by Gasteiger charge is -2.29. The molecule has 0 aromatic heterocycles. The summed E-state index contributed by atoms with van der Waals surface area (Å²) in [6.45, 7) is 2.13. The zero-order valence-corrected chi connectivity index (χ0v) is 9.72. The zero-order chi connectivity index (χ0) is 12.4. The van der Waals surface area contributed by atoms with Crippen LogP contribution in [0.2, 0.25) is 0 Å². The number of aliphatic hydroxyl groups is 1. The fourth-order valence-corrected chi connectivity index (χ4v) is 1.99. The molecule has 1 atom stereocenters. The number of nitrogens with zero attached hydrogens (tertiary/aromatic N) is 1. The van der Waals surface area contributed by atoms with E-state index in [2.05, 4.69) is 0 Å². The third-order valence-electron chi connectivity index (χ3n) is 3.00. The van der Waals surface area contributed by atoms with Crippen molar-refractivity contribution in [1.82, 2.24) is 0 Å². The van der Waals surface area contributed by atoms with Gasteiger partial charge in [-0.15, -0.1) is 0 Å². The summed E-state index contributed by atoms with van der Waals surface area (Å²) in [5, 5.41) is 9.51. The maximum Gasteiger partial charge on any atom is 0.255 e. The Morgan fingerprint density at radius 3 is 2.59 bits per heavy atom. The molecule has 1 unspecified atom stereocenters. The van der Waals surface area contributed by atoms with E-state index in [4.69, 9.17) is 0 Å². The largest absolute Gasteiger partial charge is 0.383 e. The number of hydrogen-bond donors (Lipinski definition) is 1. The number of piperidine rings is 1. The van der Waals surface area contributed by atoms with E-state index in [1.807, 2.05) is 0 Å². The molecule has 0 spiro atoms. The third-order valence-corrected chi connectivity index (χ3v) is 3.00. The first-order valence-electron chi connectivity index (χ1n) is 5.70. The molecule has 17 heavy (non-hydrogen) atoms. The minimum atomic E-state index is -0.892. The minimum absolute atomic E-state index is 0.00144. The second-order valence-electron chi connectivity index (χ2n) is 4.25. The molecule has 1 fully saturated rings. The third kappa shape index (κ3) is 2.36. The smallest absolute Gasteiger partial charge is 0.255 e. The van der Waals surface area contributed by atoms with Crippen LogP contribution in [-0.2, 0) is 4.79 Å². The van der Waals surface area contributed by atoms with E-state index in [0.29, 0.717) is 18.5 Å². The highest BCUT2D eigenvalue weighted by molar-refractivity contribution is 5.98. The monoisotopic (exact) mass is 233 g/mol. The van der Waals surface area contributed by atoms with Gasteiger partial charge in [-0.2, -0.15) is 0 Å². The van der Waals surface area contributed by atoms with Crippen molar-refractivity contribution in [2.45, 2.75) is 25.9 Å². The number of benzene rings is 1. The summed E-state index contributed by atoms with van der Waals surface area (Å²) in [6, 6.07) is 6.89. The zero-order valence-electron chi connectivity index (χ0n) is 9.72. The fourth-order valence-electron chi connectivity index (χ4n) is 1.99. The molecule has 1 amide bonds. The molecule has 1 aliphatic rings. The summed E-state index contributed by atoms with van der Waals surface area (Å²) in [4.78, 5) is 24.4. The SMILES string of the molecule is CC(=O)c1ccc(N2CCCC(O)C2=O)cc1. The predicted molar refractivity (Wildman–Crippen MR) is 64.0 cm³/mol. The van der Waals surface area contributed by atoms with Gasteiger partial charge >= 0.3 is 0 Å². The molecule has 0 radical (unpaired) electrons. The first kappa shape index (κ1) is 11.8. The number of ketones is 1. The Morgan fingerprint density at radius 2 is 2.00 bits per heavy atom. The van der Waals surface area contributed by atoms with Crippen molar-refractivity contribution in [1.29, 1.82) is 0 Å². The van der Waals surface area contributed by atoms with Crippen LogP contribution in [0.4, 0.5) is 5.69 Å². The Balaban J connectivity index is 2.22. The molecule has 0 saturated carbocycles. The van der Waals surface area contributed by atoms with Gasteiger partial charge in [0.05, 0.1) is 0 Å². The summed E-state index contributed by atoms with van der Waals surface area (Å²) in [5.74, 6) is -0.256. The topological polar surface area (TPSA) is 57.6 Å². The number of aliphatic hydroxyl groups excluding tert-OH is 1. The van der Waals surface area contributed by atoms with Crippen molar-refractivity contribution >= 4 is 17.4 Å². The lowest BCUT2D eigenvalue weighted by atomic mass is 10.1. The number of carbonyl (C=O) groups excluding carboxylic acids is 2. The average molecular weight is 233 g/mol. The van der Waals surface area contributed by atoms with Gasteiger partial charge in [-0.25, -0.2) is 0 Å². The molecular formula is C13H15NO3. The van der Waals surface area contributed by atoms with Gasteiger partial charge in [0.1, 0.15) is 6.10 Å². The van der Waals surface area contributed by atoms with Crippen LogP contribution in [0.3, 0.4) is 0 Å². The van der Waals surface area contributed by atoms with E-state index >= 15 is 0 Å². The number of hydrogen-bond acceptors (Lipinski definition) is 3. The summed E-state index contributed by atoms with van der Waals surface area (Å²) in [7, 11) is 0. The molecular weight excluding hydrogens is 218 g/mol. The van der Waals surface area contributed by atoms with Crippen LogP contribution in [0.15, 0.2) is 24.3 Å². The van der Waals surface area contributed by atoms with E-state index in [1.165, 1.54) is 6.92 Å². The Morgan fingerprint density at radius 1 is 1.35 bits per heavy atom. The van der Waals surface area contributed by atoms with Gasteiger partial charge in [-0.3, -0.25) is 9.59 Å². The Hall–Kier alpha value is -1.68. The summed E-state index contributed by atoms with van der Waals surface area (Å²) in [5.41, 5.74) is 1.36. The summed E-state index contributed by atoms with van der Waals surface area (Å²) in [6.07, 6.45) is 0.429. The van der Waals surface area contributed by atoms with E-state index in [-0.39, 0.29) is 11.7 Å². The number of anilines is 1. The molecule has 4 nitrogen and oxygen atoms in total. The van der Waals surface area contributed by atoms with Crippen LogP contribution < -0.4 is 4.90 Å². The predicted octanol–water partition coefficient (Wildman–Crippen LogP) is 1.38. The van der Waals surface area contributed by atoms with Gasteiger partial charge in [0.25, 0.3) is 5.91 Å². The van der Waals surface area contributed by atoms with Crippen molar-refractivity contribution in [3.63, 3.8) is 0 Å². The minimum Gasteiger partial charge on any atom is -0.383 e. The highest BCUT2D eigenvalue weighted by atomic mass is 16.3. The lowest BCUT2D eigenvalue weighted by molar-refractivity contribution is -0.128. The average Bonchev–Trinajstić information content (AvgIpc) is 2.33. The highest BCUT2D eigenvalue weighted by Crippen LogP contribution is 2.21. The second-order valence-corrected chi connectivity index (χ2v) is 4.25. The highest BCUT2D eigenvalue weighted by Gasteiger charge is 2.27. The molecule has 1 saturated heterocycles. The molecule has 90 valence electrons. The van der Waals surface area contributed by atoms with Crippen LogP contribution in [0.25, 0.3) is 0 Å². The fraction of sp³-hybridized carbons (Fsp3) is 0.385. The molecule has 1 aromatic rings. The van der Waals surface area contributed by atoms with Crippen LogP contribution in [0, 0.1) is 0 Å². The Bertz CT molecular complexity index is 438. The summed E-state index contributed by atoms with van der Waals surface area (Å²) < 4.78 is 0. The van der Waals surface area contributed by atoms with Gasteiger partial charge in [-0.05, 0) is 44.0 Å². The number of carbonyl (C=O) groups is 2. The van der Waals surface area contributed by atoms with Crippen molar-refractivity contribution in [3.8, 4) is 0 Å². The van der Waals surface area contributed by atoms with E-state index in [9.17, 15) is 14.7 Å². The maximum absolute atomic E-state index is 11.8. The summed E-state index contributed by atoms with van der Waals surface area (Å²) >= 11 is 0. The van der Waals surface area contributed by atoms with Crippen LogP contribution in [0.5, 0.6) is 0 Å². The van der Waals surface area contributed by atoms with Crippen LogP contribution >= 0.6 is 0 Å². The van der Waals surface area contributed by atoms with Gasteiger partial charge in [-0.1, -0.05) is 0 Å². The maximum atomic E-state index is 11.8. The number of Topliss-reactive ketones (excluding diaryl/α,β-unsaturated/α-hetero) is 1. The van der Waals surface area contributed by atoms with Gasteiger partial charge in [0.2, 0.25) is 0 Å². The molecule has 0 bridgehead atoms. The van der Waals surface area contributed by atoms with Crippen molar-refractivity contribution in [3.05, 3.63) is 29.8 Å². The molecule has 1 aromatic carbocycles. The van der Waals surface area contributed by atoms with E-state index in [0.717, 1.165) is 12.1 Å². The molecule has 2 rings (SSSR count). The molecule has 4 heteroatoms. The quantitative estimate of drug-likeness (QED) is 0.785. The van der Waals surface area contributed by atoms with E-state index in [1.54, 1.807) is 29.2 Å². The molecule has 1 N–H and O–H groups in total. The Labute approximate surface area is 99.9 Å². The first-order chi connectivity index (χ1) is 8.09. The van der Waals surface area contributed by atoms with Gasteiger partial charge in [0.15, 0.2) is 5.78 Å². The molecule has 1 aliphatic heterocycles. The lowest BCUT2D eigenvalue weighted by Crippen LogP contribution is -2.44. The molecule has 0 aliphatic carbocycles. The Kier molecular flexibility index (Phi) is 3.24. The van der Waals surface area contributed by atoms with Gasteiger partial charge < -0.3 is 10.0 Å². The van der Waals surface area contributed by atoms with Crippen LogP contribution in [0.1, 0.15) is 30.1 Å². The van der Waals surface area contributed by atoms with Gasteiger partial charge in [0, 0.05) is 17.8 Å². The number of rotatable bonds is 2. The van der Waals surface area contributed by atoms with Crippen molar-refractivity contribution in [2.24, 2.45) is 0 Å². The standard InChI is InChI=1S/C13H15NO3/c1-9(15)10-4-6-11(7-5-10)14-8-2-3-12(16)13(14)17/h4-7,12,16H,2-3,8H2,1H3. The van der Waals surface area contributed by atoms with Crippen molar-refractivity contribution < 1.29 is 14.7 Å². The first-order valence-corrected chi connectivity index (χ1v) is 5.70. The van der Waals surface area contributed by atoms with Crippen LogP contribution in [-0.4, -0.2) is 29.4 Å². The van der Waals surface area contributed by atoms with E-state index < -0.39 is 6.10 Å². The normalized spacial score (nSPS) is 20.5. The molecule has 1 heterocycles. The second kappa shape index (κ2) is 4.67. The number of amides is 1.